The fraction of sp³-hybridized carbons (Fsp3) is 0.417. The summed E-state index contributed by atoms with van der Waals surface area (Å²) in [5.74, 6) is -1.15. The third kappa shape index (κ3) is 2.78. The smallest absolute Gasteiger partial charge is 0.334 e. The van der Waals surface area contributed by atoms with E-state index in [0.717, 1.165) is 4.31 Å². The van der Waals surface area contributed by atoms with Gasteiger partial charge in [-0.15, -0.1) is 0 Å². The van der Waals surface area contributed by atoms with E-state index in [4.69, 9.17) is 9.84 Å². The molecule has 104 valence electrons. The van der Waals surface area contributed by atoms with Crippen molar-refractivity contribution < 1.29 is 23.1 Å². The standard InChI is InChI=1S/C12H15NO5S/c1-9-4-2-3-5-11(9)19(16,17)13-6-7-18-10(8-13)12(14)15/h2-5,10H,6-8H2,1H3,(H,14,15). The van der Waals surface area contributed by atoms with Gasteiger partial charge in [0.15, 0.2) is 6.10 Å². The molecule has 1 heterocycles. The number of hydrogen-bond acceptors (Lipinski definition) is 4. The van der Waals surface area contributed by atoms with Gasteiger partial charge in [-0.05, 0) is 18.6 Å². The van der Waals surface area contributed by atoms with Gasteiger partial charge < -0.3 is 9.84 Å². The number of carboxylic acids is 1. The van der Waals surface area contributed by atoms with Crippen molar-refractivity contribution in [2.45, 2.75) is 17.9 Å². The SMILES string of the molecule is Cc1ccccc1S(=O)(=O)N1CCOC(C(=O)O)C1. The number of sulfonamides is 1. The van der Waals surface area contributed by atoms with E-state index in [1.165, 1.54) is 6.07 Å². The Balaban J connectivity index is 2.30. The average Bonchev–Trinajstić information content (AvgIpc) is 2.39. The summed E-state index contributed by atoms with van der Waals surface area (Å²) < 4.78 is 31.1. The van der Waals surface area contributed by atoms with Gasteiger partial charge in [0, 0.05) is 6.54 Å². The van der Waals surface area contributed by atoms with Crippen LogP contribution in [0.3, 0.4) is 0 Å². The Morgan fingerprint density at radius 1 is 1.42 bits per heavy atom. The van der Waals surface area contributed by atoms with Crippen LogP contribution in [0.1, 0.15) is 5.56 Å². The second kappa shape index (κ2) is 5.28. The van der Waals surface area contributed by atoms with Crippen molar-refractivity contribution in [1.29, 1.82) is 0 Å². The number of carboxylic acid groups (broad SMARTS) is 1. The van der Waals surface area contributed by atoms with Crippen molar-refractivity contribution in [3.8, 4) is 0 Å². The highest BCUT2D eigenvalue weighted by molar-refractivity contribution is 7.89. The second-order valence-corrected chi connectivity index (χ2v) is 6.23. The molecule has 1 atom stereocenters. The number of aryl methyl sites for hydroxylation is 1. The van der Waals surface area contributed by atoms with Crippen LogP contribution < -0.4 is 0 Å². The lowest BCUT2D eigenvalue weighted by Crippen LogP contribution is -2.48. The summed E-state index contributed by atoms with van der Waals surface area (Å²) in [5.41, 5.74) is 0.640. The second-order valence-electron chi connectivity index (χ2n) is 4.33. The maximum Gasteiger partial charge on any atom is 0.334 e. The first-order valence-corrected chi connectivity index (χ1v) is 7.27. The van der Waals surface area contributed by atoms with Crippen molar-refractivity contribution in [3.63, 3.8) is 0 Å². The summed E-state index contributed by atoms with van der Waals surface area (Å²) in [6.07, 6.45) is -1.10. The van der Waals surface area contributed by atoms with Crippen LogP contribution in [0.25, 0.3) is 0 Å². The van der Waals surface area contributed by atoms with Crippen molar-refractivity contribution in [2.75, 3.05) is 19.7 Å². The summed E-state index contributed by atoms with van der Waals surface area (Å²) in [5, 5.41) is 8.90. The molecule has 1 aliphatic heterocycles. The largest absolute Gasteiger partial charge is 0.479 e. The lowest BCUT2D eigenvalue weighted by atomic mass is 10.2. The van der Waals surface area contributed by atoms with E-state index in [9.17, 15) is 13.2 Å². The Morgan fingerprint density at radius 3 is 2.74 bits per heavy atom. The molecule has 0 radical (unpaired) electrons. The van der Waals surface area contributed by atoms with Gasteiger partial charge in [-0.25, -0.2) is 13.2 Å². The minimum atomic E-state index is -3.67. The van der Waals surface area contributed by atoms with E-state index in [1.54, 1.807) is 25.1 Å². The van der Waals surface area contributed by atoms with Crippen LogP contribution >= 0.6 is 0 Å². The molecule has 19 heavy (non-hydrogen) atoms. The molecule has 0 spiro atoms. The van der Waals surface area contributed by atoms with E-state index in [-0.39, 0.29) is 24.6 Å². The van der Waals surface area contributed by atoms with Crippen molar-refractivity contribution in [2.24, 2.45) is 0 Å². The number of carbonyl (C=O) groups is 1. The summed E-state index contributed by atoms with van der Waals surface area (Å²) in [4.78, 5) is 11.1. The van der Waals surface area contributed by atoms with Gasteiger partial charge in [0.1, 0.15) is 0 Å². The molecule has 1 fully saturated rings. The van der Waals surface area contributed by atoms with Gasteiger partial charge in [-0.1, -0.05) is 18.2 Å². The maximum atomic E-state index is 12.5. The molecule has 0 saturated carbocycles. The molecule has 1 N–H and O–H groups in total. The third-order valence-corrected chi connectivity index (χ3v) is 5.04. The fourth-order valence-electron chi connectivity index (χ4n) is 1.98. The van der Waals surface area contributed by atoms with Gasteiger partial charge in [0.05, 0.1) is 18.0 Å². The number of morpholine rings is 1. The van der Waals surface area contributed by atoms with Crippen molar-refractivity contribution in [3.05, 3.63) is 29.8 Å². The van der Waals surface area contributed by atoms with Gasteiger partial charge in [0.25, 0.3) is 0 Å². The van der Waals surface area contributed by atoms with E-state index in [1.807, 2.05) is 0 Å². The topological polar surface area (TPSA) is 83.9 Å². The Morgan fingerprint density at radius 2 is 2.11 bits per heavy atom. The molecule has 0 aromatic heterocycles. The first-order chi connectivity index (χ1) is 8.93. The Hall–Kier alpha value is -1.44. The molecule has 0 bridgehead atoms. The highest BCUT2D eigenvalue weighted by atomic mass is 32.2. The van der Waals surface area contributed by atoms with E-state index < -0.39 is 22.1 Å². The average molecular weight is 285 g/mol. The quantitative estimate of drug-likeness (QED) is 0.872. The maximum absolute atomic E-state index is 12.5. The highest BCUT2D eigenvalue weighted by Gasteiger charge is 2.34. The zero-order valence-corrected chi connectivity index (χ0v) is 11.3. The van der Waals surface area contributed by atoms with Crippen LogP contribution in [0.4, 0.5) is 0 Å². The highest BCUT2D eigenvalue weighted by Crippen LogP contribution is 2.21. The molecule has 7 heteroatoms. The Bertz CT molecular complexity index is 584. The molecule has 0 amide bonds. The summed E-state index contributed by atoms with van der Waals surface area (Å²) in [7, 11) is -3.67. The summed E-state index contributed by atoms with van der Waals surface area (Å²) in [6, 6.07) is 6.64. The number of hydrogen-bond donors (Lipinski definition) is 1. The van der Waals surface area contributed by atoms with E-state index >= 15 is 0 Å². The molecule has 1 saturated heterocycles. The van der Waals surface area contributed by atoms with E-state index in [2.05, 4.69) is 0 Å². The van der Waals surface area contributed by atoms with Gasteiger partial charge in [-0.3, -0.25) is 0 Å². The predicted octanol–water partition coefficient (Wildman–Crippen LogP) is 0.469. The van der Waals surface area contributed by atoms with Crippen LogP contribution in [-0.2, 0) is 19.6 Å². The summed E-state index contributed by atoms with van der Waals surface area (Å²) in [6.45, 7) is 1.80. The molecule has 6 nitrogen and oxygen atoms in total. The lowest BCUT2D eigenvalue weighted by Gasteiger charge is -2.30. The van der Waals surface area contributed by atoms with Gasteiger partial charge in [-0.2, -0.15) is 4.31 Å². The molecule has 2 rings (SSSR count). The molecule has 1 aliphatic rings. The molecular weight excluding hydrogens is 270 g/mol. The lowest BCUT2D eigenvalue weighted by molar-refractivity contribution is -0.153. The normalized spacial score (nSPS) is 21.2. The van der Waals surface area contributed by atoms with Crippen molar-refractivity contribution >= 4 is 16.0 Å². The predicted molar refractivity (Wildman–Crippen MR) is 67.3 cm³/mol. The fourth-order valence-corrected chi connectivity index (χ4v) is 3.63. The minimum Gasteiger partial charge on any atom is -0.479 e. The molecule has 1 aromatic rings. The minimum absolute atomic E-state index is 0.0854. The first-order valence-electron chi connectivity index (χ1n) is 5.83. The number of aliphatic carboxylic acids is 1. The Labute approximate surface area is 111 Å². The zero-order chi connectivity index (χ0) is 14.0. The molecule has 0 aliphatic carbocycles. The molecule has 1 unspecified atom stereocenters. The first kappa shape index (κ1) is 14.0. The third-order valence-electron chi connectivity index (χ3n) is 3.02. The zero-order valence-electron chi connectivity index (χ0n) is 10.4. The van der Waals surface area contributed by atoms with Crippen LogP contribution in [0, 0.1) is 6.92 Å². The van der Waals surface area contributed by atoms with E-state index in [0.29, 0.717) is 5.56 Å². The molecular formula is C12H15NO5S. The monoisotopic (exact) mass is 285 g/mol. The van der Waals surface area contributed by atoms with Crippen molar-refractivity contribution in [1.82, 2.24) is 4.31 Å². The van der Waals surface area contributed by atoms with Crippen LogP contribution in [0.5, 0.6) is 0 Å². The van der Waals surface area contributed by atoms with Crippen LogP contribution in [0.2, 0.25) is 0 Å². The number of benzene rings is 1. The molecule has 1 aromatic carbocycles. The number of nitrogens with zero attached hydrogens (tertiary/aromatic N) is 1. The number of ether oxygens (including phenoxy) is 1. The van der Waals surface area contributed by atoms with Gasteiger partial charge >= 0.3 is 5.97 Å². The Kier molecular flexibility index (Phi) is 3.88. The summed E-state index contributed by atoms with van der Waals surface area (Å²) >= 11 is 0. The number of rotatable bonds is 3. The van der Waals surface area contributed by atoms with Crippen LogP contribution in [0.15, 0.2) is 29.2 Å². The van der Waals surface area contributed by atoms with Crippen LogP contribution in [-0.4, -0.2) is 49.6 Å². The van der Waals surface area contributed by atoms with Gasteiger partial charge in [0.2, 0.25) is 10.0 Å².